The first-order chi connectivity index (χ1) is 21.2. The Kier molecular flexibility index (Phi) is 11.1. The molecule has 3 aromatic carbocycles. The van der Waals surface area contributed by atoms with E-state index in [1.165, 1.54) is 110 Å². The van der Waals surface area contributed by atoms with Crippen LogP contribution in [0.3, 0.4) is 0 Å². The molecule has 238 valence electrons. The van der Waals surface area contributed by atoms with E-state index < -0.39 is 0 Å². The van der Waals surface area contributed by atoms with Gasteiger partial charge in [0.1, 0.15) is 0 Å². The zero-order chi connectivity index (χ0) is 31.3. The van der Waals surface area contributed by atoms with Gasteiger partial charge >= 0.3 is 0 Å². The largest absolute Gasteiger partial charge is 0.0645 e. The van der Waals surface area contributed by atoms with Crippen molar-refractivity contribution < 1.29 is 0 Å². The molecule has 0 heteroatoms. The van der Waals surface area contributed by atoms with Gasteiger partial charge in [-0.1, -0.05) is 115 Å². The van der Waals surface area contributed by atoms with Crippen LogP contribution in [0, 0.1) is 31.6 Å². The highest BCUT2D eigenvalue weighted by molar-refractivity contribution is 5.45. The van der Waals surface area contributed by atoms with Crippen LogP contribution in [0.4, 0.5) is 0 Å². The minimum atomic E-state index is 0.241. The fraction of sp³-hybridized carbons (Fsp3) is 0.591. The molecule has 2 unspecified atom stereocenters. The van der Waals surface area contributed by atoms with Crippen LogP contribution in [-0.2, 0) is 24.7 Å². The van der Waals surface area contributed by atoms with E-state index in [0.717, 1.165) is 42.9 Å². The van der Waals surface area contributed by atoms with Gasteiger partial charge in [0, 0.05) is 0 Å². The zero-order valence-electron chi connectivity index (χ0n) is 29.4. The fourth-order valence-corrected chi connectivity index (χ4v) is 9.00. The monoisotopic (exact) mass is 590 g/mol. The van der Waals surface area contributed by atoms with Crippen molar-refractivity contribution in [2.24, 2.45) is 17.8 Å². The molecule has 44 heavy (non-hydrogen) atoms. The van der Waals surface area contributed by atoms with Crippen molar-refractivity contribution in [3.05, 3.63) is 105 Å². The van der Waals surface area contributed by atoms with E-state index in [2.05, 4.69) is 103 Å². The second-order valence-electron chi connectivity index (χ2n) is 15.4. The second kappa shape index (κ2) is 14.8. The summed E-state index contributed by atoms with van der Waals surface area (Å²) < 4.78 is 0. The average molecular weight is 591 g/mol. The first kappa shape index (κ1) is 33.0. The molecule has 0 radical (unpaired) electrons. The van der Waals surface area contributed by atoms with Crippen molar-refractivity contribution in [2.45, 2.75) is 150 Å². The van der Waals surface area contributed by atoms with Gasteiger partial charge in [0.05, 0.1) is 0 Å². The van der Waals surface area contributed by atoms with E-state index in [-0.39, 0.29) is 5.41 Å². The summed E-state index contributed by atoms with van der Waals surface area (Å²) in [4.78, 5) is 0. The lowest BCUT2D eigenvalue weighted by molar-refractivity contribution is 0.212. The molecule has 0 amide bonds. The molecule has 2 fully saturated rings. The molecule has 2 atom stereocenters. The Morgan fingerprint density at radius 2 is 1.34 bits per heavy atom. The summed E-state index contributed by atoms with van der Waals surface area (Å²) in [5.41, 5.74) is 13.9. The minimum Gasteiger partial charge on any atom is -0.0645 e. The third-order valence-electron chi connectivity index (χ3n) is 12.6. The molecular formula is C44H62. The molecule has 0 saturated heterocycles. The van der Waals surface area contributed by atoms with Crippen molar-refractivity contribution in [1.82, 2.24) is 0 Å². The van der Waals surface area contributed by atoms with Gasteiger partial charge in [-0.2, -0.15) is 0 Å². The van der Waals surface area contributed by atoms with Crippen molar-refractivity contribution in [1.29, 1.82) is 0 Å². The molecule has 0 bridgehead atoms. The smallest absolute Gasteiger partial charge is 0.00201 e. The van der Waals surface area contributed by atoms with E-state index in [9.17, 15) is 0 Å². The zero-order valence-corrected chi connectivity index (χ0v) is 29.4. The van der Waals surface area contributed by atoms with Crippen molar-refractivity contribution >= 4 is 0 Å². The van der Waals surface area contributed by atoms with Gasteiger partial charge in [-0.25, -0.2) is 0 Å². The van der Waals surface area contributed by atoms with Gasteiger partial charge in [0.25, 0.3) is 0 Å². The first-order valence-corrected chi connectivity index (χ1v) is 18.5. The molecular weight excluding hydrogens is 528 g/mol. The van der Waals surface area contributed by atoms with Crippen LogP contribution < -0.4 is 0 Å². The predicted octanol–water partition coefficient (Wildman–Crippen LogP) is 12.6. The maximum Gasteiger partial charge on any atom is -0.00201 e. The SMILES string of the molecule is CCc1cc(C2CCC(C3CCCC(C)CC3)CC2)c(C)cc1Cc1ccc(C)c(Cc2ccccc2C(C)(CC)CC)c1. The molecule has 0 heterocycles. The summed E-state index contributed by atoms with van der Waals surface area (Å²) in [5.74, 6) is 3.71. The molecule has 2 aliphatic carbocycles. The van der Waals surface area contributed by atoms with E-state index >= 15 is 0 Å². The molecule has 0 aromatic heterocycles. The number of hydrogen-bond acceptors (Lipinski definition) is 0. The first-order valence-electron chi connectivity index (χ1n) is 18.5. The van der Waals surface area contributed by atoms with Gasteiger partial charge in [-0.05, 0) is 157 Å². The number of benzene rings is 3. The Bertz CT molecular complexity index is 1360. The van der Waals surface area contributed by atoms with Crippen LogP contribution in [0.2, 0.25) is 0 Å². The molecule has 3 aromatic rings. The van der Waals surface area contributed by atoms with Crippen molar-refractivity contribution in [3.8, 4) is 0 Å². The second-order valence-corrected chi connectivity index (χ2v) is 15.4. The highest BCUT2D eigenvalue weighted by atomic mass is 14.4. The third kappa shape index (κ3) is 7.54. The maximum atomic E-state index is 2.63. The lowest BCUT2D eigenvalue weighted by Gasteiger charge is -2.34. The van der Waals surface area contributed by atoms with Crippen LogP contribution in [0.5, 0.6) is 0 Å². The van der Waals surface area contributed by atoms with Gasteiger partial charge in [-0.15, -0.1) is 0 Å². The van der Waals surface area contributed by atoms with E-state index in [0.29, 0.717) is 0 Å². The Labute approximate surface area is 271 Å². The van der Waals surface area contributed by atoms with Gasteiger partial charge in [-0.3, -0.25) is 0 Å². The van der Waals surface area contributed by atoms with Crippen LogP contribution in [-0.4, -0.2) is 0 Å². The van der Waals surface area contributed by atoms with Gasteiger partial charge < -0.3 is 0 Å². The summed E-state index contributed by atoms with van der Waals surface area (Å²) in [6.07, 6.45) is 18.6. The number of rotatable bonds is 10. The lowest BCUT2D eigenvalue weighted by Crippen LogP contribution is -2.21. The standard InChI is InChI=1S/C44H62/c1-8-35-30-42(38-24-22-37(23-25-38)36-16-13-14-31(4)18-21-36)33(6)26-41(35)28-34-20-19-32(5)40(27-34)29-39-15-11-12-17-43(39)44(7,9-2)10-3/h11-12,15,17,19-20,26-27,30-31,36-38H,8-10,13-14,16,18,21-25,28-29H2,1-7H3. The fourth-order valence-electron chi connectivity index (χ4n) is 9.00. The maximum absolute atomic E-state index is 2.63. The molecule has 0 spiro atoms. The van der Waals surface area contributed by atoms with E-state index in [4.69, 9.17) is 0 Å². The van der Waals surface area contributed by atoms with Crippen LogP contribution >= 0.6 is 0 Å². The Hall–Kier alpha value is -2.34. The molecule has 0 nitrogen and oxygen atoms in total. The van der Waals surface area contributed by atoms with Crippen molar-refractivity contribution in [3.63, 3.8) is 0 Å². The molecule has 5 rings (SSSR count). The molecule has 0 N–H and O–H groups in total. The highest BCUT2D eigenvalue weighted by Crippen LogP contribution is 2.44. The van der Waals surface area contributed by atoms with Gasteiger partial charge in [0.15, 0.2) is 0 Å². The summed E-state index contributed by atoms with van der Waals surface area (Å²) >= 11 is 0. The van der Waals surface area contributed by atoms with Crippen LogP contribution in [0.15, 0.2) is 54.6 Å². The summed E-state index contributed by atoms with van der Waals surface area (Å²) in [6.45, 7) is 16.7. The van der Waals surface area contributed by atoms with Crippen molar-refractivity contribution in [2.75, 3.05) is 0 Å². The normalized spacial score (nSPS) is 23.0. The van der Waals surface area contributed by atoms with E-state index in [1.54, 1.807) is 11.1 Å². The minimum absolute atomic E-state index is 0.241. The van der Waals surface area contributed by atoms with E-state index in [1.807, 2.05) is 0 Å². The van der Waals surface area contributed by atoms with Gasteiger partial charge in [0.2, 0.25) is 0 Å². The molecule has 2 aliphatic rings. The van der Waals surface area contributed by atoms with Crippen LogP contribution in [0.1, 0.15) is 161 Å². The summed E-state index contributed by atoms with van der Waals surface area (Å²) in [5, 5.41) is 0. The Morgan fingerprint density at radius 3 is 2.07 bits per heavy atom. The summed E-state index contributed by atoms with van der Waals surface area (Å²) in [7, 11) is 0. The van der Waals surface area contributed by atoms with Crippen LogP contribution in [0.25, 0.3) is 0 Å². The summed E-state index contributed by atoms with van der Waals surface area (Å²) in [6, 6.07) is 21.7. The predicted molar refractivity (Wildman–Crippen MR) is 192 cm³/mol. The Morgan fingerprint density at radius 1 is 0.636 bits per heavy atom. The number of aryl methyl sites for hydroxylation is 3. The molecule has 2 saturated carbocycles. The molecule has 0 aliphatic heterocycles. The Balaban J connectivity index is 1.30. The lowest BCUT2D eigenvalue weighted by atomic mass is 9.71. The quantitative estimate of drug-likeness (QED) is 0.206. The topological polar surface area (TPSA) is 0 Å². The highest BCUT2D eigenvalue weighted by Gasteiger charge is 2.30. The third-order valence-corrected chi connectivity index (χ3v) is 12.6. The number of hydrogen-bond donors (Lipinski definition) is 0. The average Bonchev–Trinajstić information content (AvgIpc) is 3.27.